The monoisotopic (exact) mass is 232 g/mol. The Balaban J connectivity index is 3.44. The minimum Gasteiger partial charge on any atom is -0.324 e. The van der Waals surface area contributed by atoms with Gasteiger partial charge in [-0.05, 0) is 12.8 Å². The Kier molecular flexibility index (Phi) is 5.09. The predicted octanol–water partition coefficient (Wildman–Crippen LogP) is 0.222. The summed E-state index contributed by atoms with van der Waals surface area (Å²) in [7, 11) is -7.89. The minimum atomic E-state index is -3.96. The number of rotatable bonds is 6. The molecule has 0 spiro atoms. The van der Waals surface area contributed by atoms with Crippen molar-refractivity contribution in [1.29, 1.82) is 0 Å². The quantitative estimate of drug-likeness (QED) is 0.343. The SMILES string of the molecule is O=P(O)(O)CCCCCS(=O)(=O)O. The standard InChI is InChI=1S/C5H13O6PS/c6-12(7,8)4-2-1-3-5-13(9,10)11/h1-5H2,(H2,6,7,8)(H,9,10,11). The summed E-state index contributed by atoms with van der Waals surface area (Å²) in [5.74, 6) is -0.353. The Bertz CT molecular complexity index is 277. The van der Waals surface area contributed by atoms with E-state index in [4.69, 9.17) is 14.3 Å². The summed E-state index contributed by atoms with van der Waals surface area (Å²) >= 11 is 0. The molecular weight excluding hydrogens is 219 g/mol. The Morgan fingerprint density at radius 3 is 2.00 bits per heavy atom. The van der Waals surface area contributed by atoms with Gasteiger partial charge in [-0.1, -0.05) is 6.42 Å². The normalized spacial score (nSPS) is 13.2. The fourth-order valence-electron chi connectivity index (χ4n) is 0.779. The first-order chi connectivity index (χ1) is 5.71. The zero-order valence-electron chi connectivity index (χ0n) is 6.96. The molecule has 0 atom stereocenters. The highest BCUT2D eigenvalue weighted by atomic mass is 32.2. The first-order valence-corrected chi connectivity index (χ1v) is 7.11. The second kappa shape index (κ2) is 5.07. The predicted molar refractivity (Wildman–Crippen MR) is 47.2 cm³/mol. The first kappa shape index (κ1) is 13.1. The molecule has 0 fully saturated rings. The van der Waals surface area contributed by atoms with E-state index in [0.717, 1.165) is 0 Å². The van der Waals surface area contributed by atoms with Crippen LogP contribution in [0.3, 0.4) is 0 Å². The van der Waals surface area contributed by atoms with Crippen molar-refractivity contribution in [2.24, 2.45) is 0 Å². The van der Waals surface area contributed by atoms with E-state index in [9.17, 15) is 13.0 Å². The largest absolute Gasteiger partial charge is 0.325 e. The van der Waals surface area contributed by atoms with Gasteiger partial charge in [0.05, 0.1) is 5.75 Å². The topological polar surface area (TPSA) is 112 Å². The molecule has 0 saturated carbocycles. The molecule has 0 amide bonds. The molecule has 0 unspecified atom stereocenters. The van der Waals surface area contributed by atoms with E-state index in [1.165, 1.54) is 0 Å². The number of hydrogen-bond acceptors (Lipinski definition) is 3. The first-order valence-electron chi connectivity index (χ1n) is 3.70. The molecule has 13 heavy (non-hydrogen) atoms. The van der Waals surface area contributed by atoms with Crippen molar-refractivity contribution in [1.82, 2.24) is 0 Å². The third-order valence-corrected chi connectivity index (χ3v) is 3.06. The maximum Gasteiger partial charge on any atom is 0.325 e. The molecule has 0 aromatic heterocycles. The van der Waals surface area contributed by atoms with E-state index >= 15 is 0 Å². The molecule has 0 aliphatic rings. The van der Waals surface area contributed by atoms with Gasteiger partial charge in [-0.2, -0.15) is 8.42 Å². The maximum absolute atomic E-state index is 10.3. The zero-order chi connectivity index (χ0) is 10.5. The average molecular weight is 232 g/mol. The van der Waals surface area contributed by atoms with Crippen LogP contribution in [0.5, 0.6) is 0 Å². The summed E-state index contributed by atoms with van der Waals surface area (Å²) in [6, 6.07) is 0. The molecule has 0 rings (SSSR count). The molecule has 0 radical (unpaired) electrons. The van der Waals surface area contributed by atoms with Crippen LogP contribution >= 0.6 is 7.60 Å². The third-order valence-electron chi connectivity index (χ3n) is 1.35. The molecule has 0 heterocycles. The average Bonchev–Trinajstić information content (AvgIpc) is 1.81. The zero-order valence-corrected chi connectivity index (χ0v) is 8.67. The van der Waals surface area contributed by atoms with Crippen molar-refractivity contribution in [3.63, 3.8) is 0 Å². The van der Waals surface area contributed by atoms with Crippen LogP contribution in [0, 0.1) is 0 Å². The van der Waals surface area contributed by atoms with Gasteiger partial charge in [-0.25, -0.2) is 0 Å². The van der Waals surface area contributed by atoms with Crippen molar-refractivity contribution in [2.45, 2.75) is 19.3 Å². The van der Waals surface area contributed by atoms with Gasteiger partial charge in [-0.15, -0.1) is 0 Å². The second-order valence-corrected chi connectivity index (χ2v) is 6.08. The van der Waals surface area contributed by atoms with Crippen molar-refractivity contribution < 1.29 is 27.3 Å². The van der Waals surface area contributed by atoms with E-state index < -0.39 is 17.7 Å². The molecular formula is C5H13O6PS. The van der Waals surface area contributed by atoms with Gasteiger partial charge in [0, 0.05) is 6.16 Å². The summed E-state index contributed by atoms with van der Waals surface area (Å²) in [5, 5.41) is 0. The van der Waals surface area contributed by atoms with E-state index in [1.54, 1.807) is 0 Å². The van der Waals surface area contributed by atoms with E-state index in [-0.39, 0.29) is 24.8 Å². The van der Waals surface area contributed by atoms with Crippen molar-refractivity contribution in [3.8, 4) is 0 Å². The molecule has 6 nitrogen and oxygen atoms in total. The third kappa shape index (κ3) is 12.1. The lowest BCUT2D eigenvalue weighted by atomic mass is 10.3. The number of hydrogen-bond donors (Lipinski definition) is 3. The van der Waals surface area contributed by atoms with E-state index in [2.05, 4.69) is 0 Å². The smallest absolute Gasteiger partial charge is 0.324 e. The highest BCUT2D eigenvalue weighted by Gasteiger charge is 2.11. The van der Waals surface area contributed by atoms with Gasteiger partial charge in [0.25, 0.3) is 10.1 Å². The van der Waals surface area contributed by atoms with Gasteiger partial charge in [-0.3, -0.25) is 9.12 Å². The van der Waals surface area contributed by atoms with Crippen molar-refractivity contribution in [2.75, 3.05) is 11.9 Å². The van der Waals surface area contributed by atoms with Crippen LogP contribution in [0.4, 0.5) is 0 Å². The Hall–Kier alpha value is 0.0600. The van der Waals surface area contributed by atoms with Crippen molar-refractivity contribution in [3.05, 3.63) is 0 Å². The van der Waals surface area contributed by atoms with E-state index in [0.29, 0.717) is 6.42 Å². The number of unbranched alkanes of at least 4 members (excludes halogenated alkanes) is 2. The second-order valence-electron chi connectivity index (χ2n) is 2.73. The summed E-state index contributed by atoms with van der Waals surface area (Å²) < 4.78 is 39.0. The molecule has 0 aliphatic carbocycles. The Morgan fingerprint density at radius 1 is 1.08 bits per heavy atom. The molecule has 80 valence electrons. The van der Waals surface area contributed by atoms with Gasteiger partial charge < -0.3 is 9.79 Å². The Morgan fingerprint density at radius 2 is 1.62 bits per heavy atom. The summed E-state index contributed by atoms with van der Waals surface area (Å²) in [6.45, 7) is 0. The lowest BCUT2D eigenvalue weighted by Gasteiger charge is -2.02. The van der Waals surface area contributed by atoms with Gasteiger partial charge in [0.15, 0.2) is 0 Å². The Labute approximate surface area is 76.9 Å². The molecule has 0 aromatic carbocycles. The fourth-order valence-corrected chi connectivity index (χ4v) is 1.98. The molecule has 3 N–H and O–H groups in total. The molecule has 8 heteroatoms. The van der Waals surface area contributed by atoms with Gasteiger partial charge in [0.2, 0.25) is 0 Å². The van der Waals surface area contributed by atoms with Crippen LogP contribution < -0.4 is 0 Å². The highest BCUT2D eigenvalue weighted by Crippen LogP contribution is 2.35. The van der Waals surface area contributed by atoms with Crippen LogP contribution in [0.1, 0.15) is 19.3 Å². The lowest BCUT2D eigenvalue weighted by Crippen LogP contribution is -2.03. The summed E-state index contributed by atoms with van der Waals surface area (Å²) in [4.78, 5) is 16.8. The highest BCUT2D eigenvalue weighted by molar-refractivity contribution is 7.85. The summed E-state index contributed by atoms with van der Waals surface area (Å²) in [6.07, 6.45) is 0.627. The van der Waals surface area contributed by atoms with Crippen LogP contribution in [0.25, 0.3) is 0 Å². The fraction of sp³-hybridized carbons (Fsp3) is 1.00. The molecule has 0 aromatic rings. The molecule has 0 saturated heterocycles. The van der Waals surface area contributed by atoms with Crippen LogP contribution in [-0.4, -0.2) is 34.7 Å². The van der Waals surface area contributed by atoms with Crippen LogP contribution in [0.15, 0.2) is 0 Å². The van der Waals surface area contributed by atoms with Crippen LogP contribution in [-0.2, 0) is 14.7 Å². The lowest BCUT2D eigenvalue weighted by molar-refractivity contribution is 0.371. The minimum absolute atomic E-state index is 0.221. The summed E-state index contributed by atoms with van der Waals surface area (Å²) in [5.41, 5.74) is 0. The van der Waals surface area contributed by atoms with Crippen molar-refractivity contribution >= 4 is 17.7 Å². The van der Waals surface area contributed by atoms with Crippen LogP contribution in [0.2, 0.25) is 0 Å². The maximum atomic E-state index is 10.3. The van der Waals surface area contributed by atoms with Gasteiger partial charge in [0.1, 0.15) is 0 Å². The van der Waals surface area contributed by atoms with Gasteiger partial charge >= 0.3 is 7.60 Å². The van der Waals surface area contributed by atoms with E-state index in [1.807, 2.05) is 0 Å². The molecule has 0 aliphatic heterocycles. The molecule has 0 bridgehead atoms.